The summed E-state index contributed by atoms with van der Waals surface area (Å²) in [7, 11) is 0. The summed E-state index contributed by atoms with van der Waals surface area (Å²) >= 11 is 0. The smallest absolute Gasteiger partial charge is 0.0496 e. The van der Waals surface area contributed by atoms with Gasteiger partial charge in [0.25, 0.3) is 0 Å². The van der Waals surface area contributed by atoms with Crippen LogP contribution in [0.25, 0.3) is 0 Å². The molecular formula is C19H24N2. The molecule has 2 nitrogen and oxygen atoms in total. The molecule has 3 rings (SSSR count). The molecule has 1 aliphatic rings. The van der Waals surface area contributed by atoms with E-state index in [1.807, 2.05) is 6.07 Å². The van der Waals surface area contributed by atoms with Gasteiger partial charge < -0.3 is 11.1 Å². The summed E-state index contributed by atoms with van der Waals surface area (Å²) in [4.78, 5) is 0. The van der Waals surface area contributed by atoms with Gasteiger partial charge in [-0.3, -0.25) is 0 Å². The van der Waals surface area contributed by atoms with Gasteiger partial charge in [0.05, 0.1) is 0 Å². The first kappa shape index (κ1) is 14.2. The zero-order valence-corrected chi connectivity index (χ0v) is 12.5. The molecule has 0 heterocycles. The van der Waals surface area contributed by atoms with E-state index in [0.29, 0.717) is 12.5 Å². The highest BCUT2D eigenvalue weighted by Crippen LogP contribution is 2.39. The van der Waals surface area contributed by atoms with Gasteiger partial charge in [0.1, 0.15) is 0 Å². The predicted molar refractivity (Wildman–Crippen MR) is 89.5 cm³/mol. The molecule has 1 fully saturated rings. The Labute approximate surface area is 127 Å². The Balaban J connectivity index is 1.67. The predicted octanol–water partition coefficient (Wildman–Crippen LogP) is 4.15. The SMILES string of the molecule is NCC1(Nc2ccccc2)CCC(c2ccccc2)CC1. The van der Waals surface area contributed by atoms with E-state index in [4.69, 9.17) is 5.73 Å². The van der Waals surface area contributed by atoms with Crippen LogP contribution in [-0.4, -0.2) is 12.1 Å². The summed E-state index contributed by atoms with van der Waals surface area (Å²) < 4.78 is 0. The van der Waals surface area contributed by atoms with Gasteiger partial charge in [0.2, 0.25) is 0 Å². The molecule has 21 heavy (non-hydrogen) atoms. The molecule has 2 heteroatoms. The Kier molecular flexibility index (Phi) is 4.26. The lowest BCUT2D eigenvalue weighted by Gasteiger charge is -2.41. The van der Waals surface area contributed by atoms with E-state index in [9.17, 15) is 0 Å². The fraction of sp³-hybridized carbons (Fsp3) is 0.368. The number of hydrogen-bond acceptors (Lipinski definition) is 2. The molecule has 0 aromatic heterocycles. The van der Waals surface area contributed by atoms with Crippen molar-refractivity contribution in [2.45, 2.75) is 37.1 Å². The van der Waals surface area contributed by atoms with Crippen molar-refractivity contribution >= 4 is 5.69 Å². The normalized spacial score (nSPS) is 25.5. The van der Waals surface area contributed by atoms with Gasteiger partial charge in [-0.15, -0.1) is 0 Å². The number of benzene rings is 2. The molecule has 0 aliphatic heterocycles. The summed E-state index contributed by atoms with van der Waals surface area (Å²) in [5.41, 5.74) is 8.83. The standard InChI is InChI=1S/C19H24N2/c20-15-19(21-18-9-5-2-6-10-18)13-11-17(12-14-19)16-7-3-1-4-8-16/h1-10,17,21H,11-15,20H2. The molecule has 0 radical (unpaired) electrons. The average Bonchev–Trinajstić information content (AvgIpc) is 2.57. The highest BCUT2D eigenvalue weighted by Gasteiger charge is 2.34. The lowest BCUT2D eigenvalue weighted by molar-refractivity contribution is 0.303. The summed E-state index contributed by atoms with van der Waals surface area (Å²) in [5.74, 6) is 0.684. The maximum absolute atomic E-state index is 6.11. The number of rotatable bonds is 4. The monoisotopic (exact) mass is 280 g/mol. The highest BCUT2D eigenvalue weighted by atomic mass is 15.0. The van der Waals surface area contributed by atoms with Crippen molar-refractivity contribution in [3.8, 4) is 0 Å². The Hall–Kier alpha value is -1.80. The van der Waals surface area contributed by atoms with Gasteiger partial charge in [0.15, 0.2) is 0 Å². The first-order valence-electron chi connectivity index (χ1n) is 7.90. The molecule has 0 unspecified atom stereocenters. The molecule has 0 saturated heterocycles. The molecule has 1 aliphatic carbocycles. The summed E-state index contributed by atoms with van der Waals surface area (Å²) in [6, 6.07) is 21.3. The van der Waals surface area contributed by atoms with Crippen molar-refractivity contribution in [1.29, 1.82) is 0 Å². The molecule has 2 aromatic rings. The quantitative estimate of drug-likeness (QED) is 0.882. The van der Waals surface area contributed by atoms with E-state index < -0.39 is 0 Å². The van der Waals surface area contributed by atoms with Crippen LogP contribution in [0.2, 0.25) is 0 Å². The first-order valence-corrected chi connectivity index (χ1v) is 7.90. The third-order valence-electron chi connectivity index (χ3n) is 4.79. The van der Waals surface area contributed by atoms with Gasteiger partial charge in [-0.25, -0.2) is 0 Å². The van der Waals surface area contributed by atoms with Crippen molar-refractivity contribution in [2.24, 2.45) is 5.73 Å². The molecule has 110 valence electrons. The van der Waals surface area contributed by atoms with Crippen molar-refractivity contribution in [2.75, 3.05) is 11.9 Å². The lowest BCUT2D eigenvalue weighted by atomic mass is 9.74. The van der Waals surface area contributed by atoms with Crippen molar-refractivity contribution < 1.29 is 0 Å². The van der Waals surface area contributed by atoms with Crippen molar-refractivity contribution in [3.63, 3.8) is 0 Å². The van der Waals surface area contributed by atoms with Gasteiger partial charge in [-0.05, 0) is 49.3 Å². The number of para-hydroxylation sites is 1. The summed E-state index contributed by atoms with van der Waals surface area (Å²) in [6.45, 7) is 0.698. The molecule has 0 spiro atoms. The number of nitrogens with one attached hydrogen (secondary N) is 1. The minimum Gasteiger partial charge on any atom is -0.378 e. The Morgan fingerprint density at radius 2 is 1.48 bits per heavy atom. The van der Waals surface area contributed by atoms with Crippen LogP contribution in [-0.2, 0) is 0 Å². The molecular weight excluding hydrogens is 256 g/mol. The van der Waals surface area contributed by atoms with Gasteiger partial charge in [-0.1, -0.05) is 48.5 Å². The summed E-state index contributed by atoms with van der Waals surface area (Å²) in [6.07, 6.45) is 4.69. The second-order valence-electron chi connectivity index (χ2n) is 6.16. The van der Waals surface area contributed by atoms with Crippen LogP contribution < -0.4 is 11.1 Å². The third kappa shape index (κ3) is 3.27. The van der Waals surface area contributed by atoms with E-state index in [-0.39, 0.29) is 5.54 Å². The van der Waals surface area contributed by atoms with Gasteiger partial charge >= 0.3 is 0 Å². The second-order valence-corrected chi connectivity index (χ2v) is 6.16. The van der Waals surface area contributed by atoms with E-state index >= 15 is 0 Å². The third-order valence-corrected chi connectivity index (χ3v) is 4.79. The van der Waals surface area contributed by atoms with Crippen LogP contribution >= 0.6 is 0 Å². The summed E-state index contributed by atoms with van der Waals surface area (Å²) in [5, 5.41) is 3.69. The Morgan fingerprint density at radius 3 is 2.05 bits per heavy atom. The Morgan fingerprint density at radius 1 is 0.905 bits per heavy atom. The van der Waals surface area contributed by atoms with Gasteiger partial charge in [0, 0.05) is 17.8 Å². The molecule has 0 atom stereocenters. The lowest BCUT2D eigenvalue weighted by Crippen LogP contribution is -2.47. The van der Waals surface area contributed by atoms with Crippen molar-refractivity contribution in [3.05, 3.63) is 66.2 Å². The number of hydrogen-bond donors (Lipinski definition) is 2. The fourth-order valence-electron chi connectivity index (χ4n) is 3.44. The van der Waals surface area contributed by atoms with E-state index in [0.717, 1.165) is 12.8 Å². The minimum atomic E-state index is 0.0621. The topological polar surface area (TPSA) is 38.0 Å². The van der Waals surface area contributed by atoms with Crippen molar-refractivity contribution in [1.82, 2.24) is 0 Å². The second kappa shape index (κ2) is 6.31. The van der Waals surface area contributed by atoms with E-state index in [1.54, 1.807) is 0 Å². The minimum absolute atomic E-state index is 0.0621. The average molecular weight is 280 g/mol. The number of anilines is 1. The van der Waals surface area contributed by atoms with E-state index in [2.05, 4.69) is 59.9 Å². The van der Waals surface area contributed by atoms with Crippen LogP contribution in [0.4, 0.5) is 5.69 Å². The van der Waals surface area contributed by atoms with Crippen LogP contribution in [0.3, 0.4) is 0 Å². The zero-order valence-electron chi connectivity index (χ0n) is 12.5. The molecule has 3 N–H and O–H groups in total. The maximum Gasteiger partial charge on any atom is 0.0496 e. The Bertz CT molecular complexity index is 542. The fourth-order valence-corrected chi connectivity index (χ4v) is 3.44. The highest BCUT2D eigenvalue weighted by molar-refractivity contribution is 5.45. The maximum atomic E-state index is 6.11. The van der Waals surface area contributed by atoms with Crippen LogP contribution in [0.15, 0.2) is 60.7 Å². The molecule has 0 amide bonds. The molecule has 0 bridgehead atoms. The molecule has 2 aromatic carbocycles. The number of nitrogens with two attached hydrogens (primary N) is 1. The first-order chi connectivity index (χ1) is 10.3. The van der Waals surface area contributed by atoms with Crippen LogP contribution in [0, 0.1) is 0 Å². The van der Waals surface area contributed by atoms with E-state index in [1.165, 1.54) is 24.1 Å². The largest absolute Gasteiger partial charge is 0.378 e. The molecule has 1 saturated carbocycles. The van der Waals surface area contributed by atoms with Crippen LogP contribution in [0.1, 0.15) is 37.2 Å². The van der Waals surface area contributed by atoms with Crippen LogP contribution in [0.5, 0.6) is 0 Å². The van der Waals surface area contributed by atoms with Gasteiger partial charge in [-0.2, -0.15) is 0 Å². The zero-order chi connectivity index (χ0) is 14.5.